The number of hydrogen-bond donors (Lipinski definition) is 0. The molecule has 1 heterocycles. The average Bonchev–Trinajstić information content (AvgIpc) is 2.75. The van der Waals surface area contributed by atoms with E-state index in [0.717, 1.165) is 29.8 Å². The summed E-state index contributed by atoms with van der Waals surface area (Å²) in [6.45, 7) is 4.36. The number of benzene rings is 1. The second kappa shape index (κ2) is 5.65. The third-order valence-electron chi connectivity index (χ3n) is 2.95. The fraction of sp³-hybridized carbons (Fsp3) is 0.538. The first-order valence-electron chi connectivity index (χ1n) is 5.85. The maximum atomic E-state index is 5.41. The average molecular weight is 253 g/mol. The van der Waals surface area contributed by atoms with Crippen LogP contribution in [0.1, 0.15) is 18.9 Å². The van der Waals surface area contributed by atoms with Crippen LogP contribution in [0.4, 0.5) is 0 Å². The van der Waals surface area contributed by atoms with Gasteiger partial charge in [0.15, 0.2) is 0 Å². The quantitative estimate of drug-likeness (QED) is 0.769. The van der Waals surface area contributed by atoms with Gasteiger partial charge < -0.3 is 9.47 Å². The third-order valence-corrected chi connectivity index (χ3v) is 4.16. The molecule has 1 aliphatic rings. The molecular formula is C13H19NO2S. The molecule has 1 fully saturated rings. The zero-order valence-corrected chi connectivity index (χ0v) is 11.4. The number of methoxy groups -OCH3 is 2. The molecule has 0 N–H and O–H groups in total. The Morgan fingerprint density at radius 2 is 2.18 bits per heavy atom. The van der Waals surface area contributed by atoms with Gasteiger partial charge in [-0.2, -0.15) is 0 Å². The Bertz CT molecular complexity index is 384. The van der Waals surface area contributed by atoms with E-state index in [4.69, 9.17) is 9.47 Å². The van der Waals surface area contributed by atoms with Crippen molar-refractivity contribution >= 4 is 11.9 Å². The van der Waals surface area contributed by atoms with Crippen LogP contribution in [-0.2, 0) is 6.54 Å². The highest BCUT2D eigenvalue weighted by Crippen LogP contribution is 2.32. The summed E-state index contributed by atoms with van der Waals surface area (Å²) < 4.78 is 13.0. The zero-order chi connectivity index (χ0) is 12.3. The fourth-order valence-electron chi connectivity index (χ4n) is 1.97. The van der Waals surface area contributed by atoms with Crippen LogP contribution in [-0.4, -0.2) is 30.3 Å². The predicted octanol–water partition coefficient (Wildman–Crippen LogP) is 2.95. The second-order valence-corrected chi connectivity index (χ2v) is 5.78. The van der Waals surface area contributed by atoms with Crippen LogP contribution >= 0.6 is 11.9 Å². The summed E-state index contributed by atoms with van der Waals surface area (Å²) in [5.41, 5.74) is 1.22. The molecule has 1 atom stereocenters. The summed E-state index contributed by atoms with van der Waals surface area (Å²) >= 11 is 1.94. The minimum absolute atomic E-state index is 0.735. The minimum Gasteiger partial charge on any atom is -0.497 e. The molecule has 0 amide bonds. The van der Waals surface area contributed by atoms with Crippen molar-refractivity contribution in [2.45, 2.75) is 25.1 Å². The molecule has 2 rings (SSSR count). The number of hydrogen-bond acceptors (Lipinski definition) is 4. The smallest absolute Gasteiger partial charge is 0.127 e. The molecule has 0 bridgehead atoms. The summed E-state index contributed by atoms with van der Waals surface area (Å²) in [6, 6.07) is 6.02. The Kier molecular flexibility index (Phi) is 4.18. The summed E-state index contributed by atoms with van der Waals surface area (Å²) in [6.07, 6.45) is 1.27. The highest BCUT2D eigenvalue weighted by molar-refractivity contribution is 7.97. The van der Waals surface area contributed by atoms with Crippen LogP contribution in [0, 0.1) is 0 Å². The fourth-order valence-corrected chi connectivity index (χ4v) is 3.12. The van der Waals surface area contributed by atoms with Gasteiger partial charge in [0.2, 0.25) is 0 Å². The molecule has 94 valence electrons. The lowest BCUT2D eigenvalue weighted by Crippen LogP contribution is -2.11. The molecule has 1 saturated heterocycles. The normalized spacial score (nSPS) is 20.5. The summed E-state index contributed by atoms with van der Waals surface area (Å²) in [7, 11) is 3.38. The highest BCUT2D eigenvalue weighted by Gasteiger charge is 2.20. The Morgan fingerprint density at radius 3 is 2.76 bits per heavy atom. The lowest BCUT2D eigenvalue weighted by atomic mass is 10.2. The standard InChI is InChI=1S/C13H19NO2S/c1-10-6-7-14(17-10)9-11-4-5-12(15-2)8-13(11)16-3/h4-5,8,10H,6-7,9H2,1-3H3. The van der Waals surface area contributed by atoms with E-state index in [1.165, 1.54) is 12.0 Å². The Morgan fingerprint density at radius 1 is 1.35 bits per heavy atom. The van der Waals surface area contributed by atoms with E-state index in [-0.39, 0.29) is 0 Å². The third kappa shape index (κ3) is 3.07. The highest BCUT2D eigenvalue weighted by atomic mass is 32.2. The minimum atomic E-state index is 0.735. The van der Waals surface area contributed by atoms with Gasteiger partial charge in [-0.15, -0.1) is 0 Å². The number of nitrogens with zero attached hydrogens (tertiary/aromatic N) is 1. The van der Waals surface area contributed by atoms with E-state index in [1.54, 1.807) is 14.2 Å². The van der Waals surface area contributed by atoms with E-state index >= 15 is 0 Å². The molecule has 0 saturated carbocycles. The van der Waals surface area contributed by atoms with E-state index in [2.05, 4.69) is 17.3 Å². The molecule has 17 heavy (non-hydrogen) atoms. The van der Waals surface area contributed by atoms with Crippen molar-refractivity contribution in [3.63, 3.8) is 0 Å². The molecule has 4 heteroatoms. The van der Waals surface area contributed by atoms with Crippen molar-refractivity contribution in [2.24, 2.45) is 0 Å². The first kappa shape index (κ1) is 12.6. The van der Waals surface area contributed by atoms with E-state index in [9.17, 15) is 0 Å². The first-order valence-corrected chi connectivity index (χ1v) is 6.69. The lowest BCUT2D eigenvalue weighted by molar-refractivity contribution is 0.384. The van der Waals surface area contributed by atoms with Gasteiger partial charge in [0.1, 0.15) is 11.5 Å². The topological polar surface area (TPSA) is 21.7 Å². The van der Waals surface area contributed by atoms with Crippen molar-refractivity contribution in [3.8, 4) is 11.5 Å². The first-order chi connectivity index (χ1) is 8.22. The second-order valence-electron chi connectivity index (χ2n) is 4.25. The van der Waals surface area contributed by atoms with Gasteiger partial charge in [-0.25, -0.2) is 4.31 Å². The van der Waals surface area contributed by atoms with Crippen molar-refractivity contribution in [1.82, 2.24) is 4.31 Å². The maximum absolute atomic E-state index is 5.41. The van der Waals surface area contributed by atoms with Gasteiger partial charge in [-0.3, -0.25) is 0 Å². The SMILES string of the molecule is COc1ccc(CN2CCC(C)S2)c(OC)c1. The van der Waals surface area contributed by atoms with Crippen molar-refractivity contribution in [1.29, 1.82) is 0 Å². The zero-order valence-electron chi connectivity index (χ0n) is 10.6. The maximum Gasteiger partial charge on any atom is 0.127 e. The number of ether oxygens (including phenoxy) is 2. The molecule has 1 aromatic rings. The van der Waals surface area contributed by atoms with Crippen molar-refractivity contribution in [2.75, 3.05) is 20.8 Å². The van der Waals surface area contributed by atoms with Gasteiger partial charge >= 0.3 is 0 Å². The molecule has 1 aromatic carbocycles. The predicted molar refractivity (Wildman–Crippen MR) is 71.6 cm³/mol. The summed E-state index contributed by atoms with van der Waals surface area (Å²) in [4.78, 5) is 0. The van der Waals surface area contributed by atoms with Gasteiger partial charge in [-0.05, 0) is 12.5 Å². The molecular weight excluding hydrogens is 234 g/mol. The molecule has 0 radical (unpaired) electrons. The van der Waals surface area contributed by atoms with Crippen molar-refractivity contribution in [3.05, 3.63) is 23.8 Å². The molecule has 0 aliphatic carbocycles. The van der Waals surface area contributed by atoms with Crippen LogP contribution in [0.3, 0.4) is 0 Å². The Hall–Kier alpha value is -0.870. The molecule has 0 aromatic heterocycles. The Balaban J connectivity index is 2.09. The largest absolute Gasteiger partial charge is 0.497 e. The molecule has 0 spiro atoms. The van der Waals surface area contributed by atoms with Crippen LogP contribution in [0.15, 0.2) is 18.2 Å². The van der Waals surface area contributed by atoms with E-state index < -0.39 is 0 Å². The van der Waals surface area contributed by atoms with E-state index in [1.807, 2.05) is 24.1 Å². The Labute approximate surface area is 107 Å². The summed E-state index contributed by atoms with van der Waals surface area (Å²) in [5, 5.41) is 0.735. The molecule has 1 aliphatic heterocycles. The van der Waals surface area contributed by atoms with Gasteiger partial charge in [0, 0.05) is 30.0 Å². The van der Waals surface area contributed by atoms with Crippen molar-refractivity contribution < 1.29 is 9.47 Å². The lowest BCUT2D eigenvalue weighted by Gasteiger charge is -2.16. The van der Waals surface area contributed by atoms with E-state index in [0.29, 0.717) is 0 Å². The van der Waals surface area contributed by atoms with Gasteiger partial charge in [0.25, 0.3) is 0 Å². The monoisotopic (exact) mass is 253 g/mol. The van der Waals surface area contributed by atoms with Crippen LogP contribution in [0.2, 0.25) is 0 Å². The van der Waals surface area contributed by atoms with Gasteiger partial charge in [-0.1, -0.05) is 24.9 Å². The van der Waals surface area contributed by atoms with Crippen LogP contribution in [0.25, 0.3) is 0 Å². The molecule has 1 unspecified atom stereocenters. The van der Waals surface area contributed by atoms with Crippen LogP contribution < -0.4 is 9.47 Å². The number of rotatable bonds is 4. The summed E-state index contributed by atoms with van der Waals surface area (Å²) in [5.74, 6) is 1.75. The molecule has 3 nitrogen and oxygen atoms in total. The van der Waals surface area contributed by atoms with Crippen LogP contribution in [0.5, 0.6) is 11.5 Å². The van der Waals surface area contributed by atoms with Gasteiger partial charge in [0.05, 0.1) is 14.2 Å².